The van der Waals surface area contributed by atoms with E-state index in [-0.39, 0.29) is 11.7 Å². The van der Waals surface area contributed by atoms with Crippen molar-refractivity contribution in [3.8, 4) is 11.4 Å². The van der Waals surface area contributed by atoms with Crippen molar-refractivity contribution in [3.05, 3.63) is 35.5 Å². The first-order valence-electron chi connectivity index (χ1n) is 6.93. The van der Waals surface area contributed by atoms with E-state index in [4.69, 9.17) is 4.52 Å². The molecule has 2 atom stereocenters. The summed E-state index contributed by atoms with van der Waals surface area (Å²) in [6, 6.07) is 4.66. The molecule has 1 saturated carbocycles. The zero-order valence-corrected chi connectivity index (χ0v) is 11.3. The van der Waals surface area contributed by atoms with Crippen molar-refractivity contribution in [2.24, 2.45) is 0 Å². The third-order valence-electron chi connectivity index (χ3n) is 3.79. The summed E-state index contributed by atoms with van der Waals surface area (Å²) < 4.78 is 18.7. The fourth-order valence-corrected chi connectivity index (χ4v) is 2.77. The highest BCUT2D eigenvalue weighted by atomic mass is 19.1. The Morgan fingerprint density at radius 2 is 2.05 bits per heavy atom. The van der Waals surface area contributed by atoms with Gasteiger partial charge in [0.2, 0.25) is 11.7 Å². The van der Waals surface area contributed by atoms with E-state index in [2.05, 4.69) is 10.1 Å². The van der Waals surface area contributed by atoms with Gasteiger partial charge in [0.05, 0.1) is 12.0 Å². The number of aromatic nitrogens is 2. The number of halogens is 1. The van der Waals surface area contributed by atoms with Crippen molar-refractivity contribution < 1.29 is 14.0 Å². The summed E-state index contributed by atoms with van der Waals surface area (Å²) in [7, 11) is 0. The molecule has 1 aliphatic carbocycles. The SMILES string of the molecule is Cc1cc(F)cc(-c2noc(C3CCCCC3O)n2)c1. The highest BCUT2D eigenvalue weighted by molar-refractivity contribution is 5.55. The van der Waals surface area contributed by atoms with E-state index in [1.165, 1.54) is 12.1 Å². The van der Waals surface area contributed by atoms with Crippen molar-refractivity contribution in [3.63, 3.8) is 0 Å². The van der Waals surface area contributed by atoms with Gasteiger partial charge < -0.3 is 9.63 Å². The lowest BCUT2D eigenvalue weighted by molar-refractivity contribution is 0.0908. The molecule has 106 valence electrons. The van der Waals surface area contributed by atoms with Crippen LogP contribution in [0, 0.1) is 12.7 Å². The Labute approximate surface area is 116 Å². The van der Waals surface area contributed by atoms with Crippen LogP contribution in [0.15, 0.2) is 22.7 Å². The second kappa shape index (κ2) is 5.32. The number of benzene rings is 1. The molecule has 5 heteroatoms. The molecule has 2 unspecified atom stereocenters. The average molecular weight is 276 g/mol. The third-order valence-corrected chi connectivity index (χ3v) is 3.79. The van der Waals surface area contributed by atoms with Crippen molar-refractivity contribution in [1.29, 1.82) is 0 Å². The molecule has 20 heavy (non-hydrogen) atoms. The minimum absolute atomic E-state index is 0.0975. The zero-order chi connectivity index (χ0) is 14.1. The molecule has 4 nitrogen and oxygen atoms in total. The van der Waals surface area contributed by atoms with Crippen LogP contribution in [0.3, 0.4) is 0 Å². The van der Waals surface area contributed by atoms with Crippen LogP contribution < -0.4 is 0 Å². The second-order valence-corrected chi connectivity index (χ2v) is 5.43. The fraction of sp³-hybridized carbons (Fsp3) is 0.467. The summed E-state index contributed by atoms with van der Waals surface area (Å²) in [5.41, 5.74) is 1.41. The van der Waals surface area contributed by atoms with Crippen molar-refractivity contribution >= 4 is 0 Å². The Kier molecular flexibility index (Phi) is 3.53. The largest absolute Gasteiger partial charge is 0.392 e. The molecule has 0 spiro atoms. The van der Waals surface area contributed by atoms with E-state index in [1.54, 1.807) is 0 Å². The zero-order valence-electron chi connectivity index (χ0n) is 11.3. The Bertz CT molecular complexity index is 591. The Hall–Kier alpha value is -1.75. The molecule has 0 amide bonds. The molecule has 1 N–H and O–H groups in total. The van der Waals surface area contributed by atoms with Gasteiger partial charge in [-0.2, -0.15) is 4.98 Å². The van der Waals surface area contributed by atoms with Crippen molar-refractivity contribution in [2.75, 3.05) is 0 Å². The van der Waals surface area contributed by atoms with Gasteiger partial charge >= 0.3 is 0 Å². The summed E-state index contributed by atoms with van der Waals surface area (Å²) in [5.74, 6) is 0.415. The smallest absolute Gasteiger partial charge is 0.232 e. The van der Waals surface area contributed by atoms with Crippen molar-refractivity contribution in [1.82, 2.24) is 10.1 Å². The van der Waals surface area contributed by atoms with E-state index in [1.807, 2.05) is 13.0 Å². The summed E-state index contributed by atoms with van der Waals surface area (Å²) in [4.78, 5) is 4.33. The first kappa shape index (κ1) is 13.2. The van der Waals surface area contributed by atoms with Crippen LogP contribution in [0.1, 0.15) is 43.1 Å². The molecule has 1 aliphatic rings. The molecule has 1 aromatic heterocycles. The molecule has 1 heterocycles. The summed E-state index contributed by atoms with van der Waals surface area (Å²) >= 11 is 0. The number of aliphatic hydroxyl groups is 1. The molecule has 0 bridgehead atoms. The Morgan fingerprint density at radius 1 is 1.25 bits per heavy atom. The first-order valence-corrected chi connectivity index (χ1v) is 6.93. The van der Waals surface area contributed by atoms with E-state index < -0.39 is 6.10 Å². The number of aliphatic hydroxyl groups excluding tert-OH is 1. The van der Waals surface area contributed by atoms with Gasteiger partial charge in [-0.05, 0) is 43.5 Å². The molecule has 0 radical (unpaired) electrons. The third kappa shape index (κ3) is 2.58. The number of aryl methyl sites for hydroxylation is 1. The predicted octanol–water partition coefficient (Wildman–Crippen LogP) is 3.20. The predicted molar refractivity (Wildman–Crippen MR) is 71.6 cm³/mol. The van der Waals surface area contributed by atoms with Gasteiger partial charge in [0.1, 0.15) is 5.82 Å². The lowest BCUT2D eigenvalue weighted by Gasteiger charge is -2.24. The minimum Gasteiger partial charge on any atom is -0.392 e. The van der Waals surface area contributed by atoms with Crippen LogP contribution in [0.25, 0.3) is 11.4 Å². The maximum Gasteiger partial charge on any atom is 0.232 e. The fourth-order valence-electron chi connectivity index (χ4n) is 2.77. The molecule has 1 fully saturated rings. The lowest BCUT2D eigenvalue weighted by atomic mass is 9.86. The van der Waals surface area contributed by atoms with Gasteiger partial charge in [0.25, 0.3) is 0 Å². The van der Waals surface area contributed by atoms with Crippen LogP contribution in [0.2, 0.25) is 0 Å². The Morgan fingerprint density at radius 3 is 2.80 bits per heavy atom. The molecule has 1 aromatic carbocycles. The minimum atomic E-state index is -0.425. The van der Waals surface area contributed by atoms with Gasteiger partial charge in [0, 0.05) is 5.56 Å². The lowest BCUT2D eigenvalue weighted by Crippen LogP contribution is -2.22. The van der Waals surface area contributed by atoms with E-state index in [9.17, 15) is 9.50 Å². The number of hydrogen-bond acceptors (Lipinski definition) is 4. The highest BCUT2D eigenvalue weighted by Gasteiger charge is 2.29. The molecule has 0 aliphatic heterocycles. The number of nitrogens with zero attached hydrogens (tertiary/aromatic N) is 2. The molecule has 3 rings (SSSR count). The van der Waals surface area contributed by atoms with Crippen LogP contribution >= 0.6 is 0 Å². The van der Waals surface area contributed by atoms with Gasteiger partial charge in [-0.25, -0.2) is 4.39 Å². The maximum atomic E-state index is 13.4. The average Bonchev–Trinajstić information content (AvgIpc) is 2.87. The molecular weight excluding hydrogens is 259 g/mol. The maximum absolute atomic E-state index is 13.4. The highest BCUT2D eigenvalue weighted by Crippen LogP contribution is 2.33. The van der Waals surface area contributed by atoms with E-state index in [0.29, 0.717) is 17.3 Å². The van der Waals surface area contributed by atoms with E-state index in [0.717, 1.165) is 31.2 Å². The molecule has 0 saturated heterocycles. The molecular formula is C15H17FN2O2. The Balaban J connectivity index is 1.89. The van der Waals surface area contributed by atoms with Crippen LogP contribution in [0.5, 0.6) is 0 Å². The van der Waals surface area contributed by atoms with E-state index >= 15 is 0 Å². The molecule has 2 aromatic rings. The summed E-state index contributed by atoms with van der Waals surface area (Å²) in [5, 5.41) is 13.9. The summed E-state index contributed by atoms with van der Waals surface area (Å²) in [6.45, 7) is 1.82. The van der Waals surface area contributed by atoms with Crippen molar-refractivity contribution in [2.45, 2.75) is 44.6 Å². The topological polar surface area (TPSA) is 59.2 Å². The standard InChI is InChI=1S/C15H17FN2O2/c1-9-6-10(8-11(16)7-9)14-17-15(20-18-14)12-4-2-3-5-13(12)19/h6-8,12-13,19H,2-5H2,1H3. The second-order valence-electron chi connectivity index (χ2n) is 5.43. The monoisotopic (exact) mass is 276 g/mol. The normalized spacial score (nSPS) is 22.9. The van der Waals surface area contributed by atoms with Crippen LogP contribution in [-0.4, -0.2) is 21.4 Å². The van der Waals surface area contributed by atoms with Gasteiger partial charge in [-0.3, -0.25) is 0 Å². The number of hydrogen-bond donors (Lipinski definition) is 1. The van der Waals surface area contributed by atoms with Crippen LogP contribution in [-0.2, 0) is 0 Å². The first-order chi connectivity index (χ1) is 9.63. The van der Waals surface area contributed by atoms with Gasteiger partial charge in [-0.1, -0.05) is 18.0 Å². The van der Waals surface area contributed by atoms with Crippen LogP contribution in [0.4, 0.5) is 4.39 Å². The van der Waals surface area contributed by atoms with Gasteiger partial charge in [0.15, 0.2) is 0 Å². The summed E-state index contributed by atoms with van der Waals surface area (Å²) in [6.07, 6.45) is 3.28. The van der Waals surface area contributed by atoms with Gasteiger partial charge in [-0.15, -0.1) is 0 Å². The quantitative estimate of drug-likeness (QED) is 0.915. The number of rotatable bonds is 2.